The average Bonchev–Trinajstić information content (AvgIpc) is 3.28. The molecule has 3 rings (SSSR count). The van der Waals surface area contributed by atoms with Crippen LogP contribution in [0.4, 0.5) is 0 Å². The number of carbonyl (C=O) groups excluding carboxylic acids is 1. The number of imidazole rings is 1. The van der Waals surface area contributed by atoms with Crippen LogP contribution in [0.2, 0.25) is 0 Å². The maximum Gasteiger partial charge on any atom is 0.237 e. The standard InChI is InChI=1S/C20H26N6O.2ClH/c1-25-12-17(11-24-25)8-5-9-22-20(27)19(21)10-18-14-26(15-23-18)13-16-6-3-2-4-7-16;;/h2-4,6-7,11-12,14-15,19H,5,8-10,13,21H2,1H3,(H,22,27);2*1H/t19-;;/m0../s1. The van der Waals surface area contributed by atoms with E-state index >= 15 is 0 Å². The van der Waals surface area contributed by atoms with Crippen molar-refractivity contribution in [2.24, 2.45) is 12.8 Å². The van der Waals surface area contributed by atoms with Gasteiger partial charge in [-0.25, -0.2) is 4.98 Å². The molecule has 1 amide bonds. The van der Waals surface area contributed by atoms with Crippen LogP contribution >= 0.6 is 24.8 Å². The Bertz CT molecular complexity index is 865. The van der Waals surface area contributed by atoms with Crippen LogP contribution in [0.1, 0.15) is 23.2 Å². The highest BCUT2D eigenvalue weighted by Gasteiger charge is 2.15. The molecule has 0 radical (unpaired) electrons. The molecular formula is C20H28Cl2N6O. The van der Waals surface area contributed by atoms with Crippen LogP contribution in [0.15, 0.2) is 55.2 Å². The lowest BCUT2D eigenvalue weighted by Crippen LogP contribution is -2.42. The molecule has 0 unspecified atom stereocenters. The third-order valence-corrected chi connectivity index (χ3v) is 4.36. The minimum absolute atomic E-state index is 0. The molecule has 0 aliphatic rings. The topological polar surface area (TPSA) is 90.8 Å². The van der Waals surface area contributed by atoms with Crippen LogP contribution < -0.4 is 11.1 Å². The van der Waals surface area contributed by atoms with Crippen molar-refractivity contribution in [3.8, 4) is 0 Å². The largest absolute Gasteiger partial charge is 0.355 e. The molecule has 9 heteroatoms. The number of nitrogens with zero attached hydrogens (tertiary/aromatic N) is 4. The number of nitrogens with one attached hydrogen (secondary N) is 1. The van der Waals surface area contributed by atoms with Gasteiger partial charge in [-0.3, -0.25) is 9.48 Å². The molecule has 158 valence electrons. The first-order valence-electron chi connectivity index (χ1n) is 9.15. The van der Waals surface area contributed by atoms with Gasteiger partial charge in [-0.15, -0.1) is 24.8 Å². The molecule has 2 heterocycles. The Morgan fingerprint density at radius 3 is 2.62 bits per heavy atom. The smallest absolute Gasteiger partial charge is 0.237 e. The number of amides is 1. The average molecular weight is 439 g/mol. The molecule has 7 nitrogen and oxygen atoms in total. The SMILES string of the molecule is Cl.Cl.Cn1cc(CCCNC(=O)[C@@H](N)Cc2cn(Cc3ccccc3)cn2)cn1. The fourth-order valence-corrected chi connectivity index (χ4v) is 2.95. The van der Waals surface area contributed by atoms with Gasteiger partial charge in [0.2, 0.25) is 5.91 Å². The number of halogens is 2. The Kier molecular flexibility index (Phi) is 10.4. The predicted octanol–water partition coefficient (Wildman–Crippen LogP) is 2.13. The van der Waals surface area contributed by atoms with E-state index in [0.717, 1.165) is 25.1 Å². The molecule has 2 aromatic heterocycles. The number of carbonyl (C=O) groups is 1. The van der Waals surface area contributed by atoms with E-state index in [4.69, 9.17) is 5.73 Å². The van der Waals surface area contributed by atoms with E-state index in [0.29, 0.717) is 13.0 Å². The molecule has 3 aromatic rings. The summed E-state index contributed by atoms with van der Waals surface area (Å²) in [5, 5.41) is 7.03. The Hall–Kier alpha value is -2.35. The maximum atomic E-state index is 12.2. The predicted molar refractivity (Wildman–Crippen MR) is 118 cm³/mol. The van der Waals surface area contributed by atoms with Crippen molar-refractivity contribution < 1.29 is 4.79 Å². The Morgan fingerprint density at radius 2 is 1.93 bits per heavy atom. The lowest BCUT2D eigenvalue weighted by atomic mass is 10.1. The van der Waals surface area contributed by atoms with Crippen LogP contribution in [-0.4, -0.2) is 37.8 Å². The number of hydrogen-bond acceptors (Lipinski definition) is 4. The van der Waals surface area contributed by atoms with Crippen LogP contribution in [0, 0.1) is 0 Å². The minimum atomic E-state index is -0.594. The normalized spacial score (nSPS) is 11.2. The molecule has 0 spiro atoms. The first-order valence-corrected chi connectivity index (χ1v) is 9.15. The molecule has 0 fully saturated rings. The van der Waals surface area contributed by atoms with Crippen molar-refractivity contribution in [3.63, 3.8) is 0 Å². The molecule has 0 aliphatic heterocycles. The van der Waals surface area contributed by atoms with Gasteiger partial charge in [0.05, 0.1) is 24.3 Å². The summed E-state index contributed by atoms with van der Waals surface area (Å²) in [4.78, 5) is 16.5. The first-order chi connectivity index (χ1) is 13.1. The molecule has 0 saturated carbocycles. The number of aryl methyl sites for hydroxylation is 2. The van der Waals surface area contributed by atoms with Crippen LogP contribution in [0.3, 0.4) is 0 Å². The van der Waals surface area contributed by atoms with Gasteiger partial charge in [-0.05, 0) is 24.0 Å². The van der Waals surface area contributed by atoms with E-state index in [1.165, 1.54) is 11.1 Å². The fraction of sp³-hybridized carbons (Fsp3) is 0.350. The molecule has 3 N–H and O–H groups in total. The molecule has 0 aliphatic carbocycles. The summed E-state index contributed by atoms with van der Waals surface area (Å²) in [6.45, 7) is 1.35. The fourth-order valence-electron chi connectivity index (χ4n) is 2.95. The second kappa shape index (κ2) is 12.3. The van der Waals surface area contributed by atoms with E-state index < -0.39 is 6.04 Å². The van der Waals surface area contributed by atoms with Gasteiger partial charge >= 0.3 is 0 Å². The van der Waals surface area contributed by atoms with Gasteiger partial charge in [-0.2, -0.15) is 5.10 Å². The third-order valence-electron chi connectivity index (χ3n) is 4.36. The number of rotatable bonds is 9. The minimum Gasteiger partial charge on any atom is -0.355 e. The van der Waals surface area contributed by atoms with Crippen molar-refractivity contribution in [2.45, 2.75) is 31.8 Å². The zero-order valence-corrected chi connectivity index (χ0v) is 18.0. The highest BCUT2D eigenvalue weighted by molar-refractivity contribution is 5.85. The Balaban J connectivity index is 0.00000210. The summed E-state index contributed by atoms with van der Waals surface area (Å²) >= 11 is 0. The Morgan fingerprint density at radius 1 is 1.17 bits per heavy atom. The summed E-state index contributed by atoms with van der Waals surface area (Å²) in [5.41, 5.74) is 9.23. The first kappa shape index (κ1) is 24.7. The van der Waals surface area contributed by atoms with E-state index in [1.807, 2.05) is 48.4 Å². The summed E-state index contributed by atoms with van der Waals surface area (Å²) in [7, 11) is 1.89. The molecule has 1 atom stereocenters. The van der Waals surface area contributed by atoms with Gasteiger partial charge in [0.25, 0.3) is 0 Å². The second-order valence-corrected chi connectivity index (χ2v) is 6.75. The van der Waals surface area contributed by atoms with Crippen molar-refractivity contribution in [2.75, 3.05) is 6.54 Å². The third kappa shape index (κ3) is 7.89. The number of nitrogens with two attached hydrogens (primary N) is 1. The van der Waals surface area contributed by atoms with E-state index in [-0.39, 0.29) is 30.7 Å². The molecule has 1 aromatic carbocycles. The maximum absolute atomic E-state index is 12.2. The van der Waals surface area contributed by atoms with E-state index in [1.54, 1.807) is 11.0 Å². The quantitative estimate of drug-likeness (QED) is 0.500. The number of benzene rings is 1. The summed E-state index contributed by atoms with van der Waals surface area (Å²) in [5.74, 6) is -0.140. The lowest BCUT2D eigenvalue weighted by molar-refractivity contribution is -0.122. The molecular weight excluding hydrogens is 411 g/mol. The van der Waals surface area contributed by atoms with Gasteiger partial charge in [0.1, 0.15) is 0 Å². The van der Waals surface area contributed by atoms with Gasteiger partial charge in [0, 0.05) is 39.0 Å². The number of aromatic nitrogens is 4. The summed E-state index contributed by atoms with van der Waals surface area (Å²) in [6, 6.07) is 9.58. The molecule has 0 saturated heterocycles. The summed E-state index contributed by atoms with van der Waals surface area (Å²) < 4.78 is 3.78. The number of hydrogen-bond donors (Lipinski definition) is 2. The van der Waals surface area contributed by atoms with Crippen LogP contribution in [-0.2, 0) is 31.2 Å². The van der Waals surface area contributed by atoms with Crippen molar-refractivity contribution in [1.82, 2.24) is 24.6 Å². The van der Waals surface area contributed by atoms with Gasteiger partial charge in [0.15, 0.2) is 0 Å². The zero-order chi connectivity index (χ0) is 19.1. The van der Waals surface area contributed by atoms with Gasteiger partial charge < -0.3 is 15.6 Å². The zero-order valence-electron chi connectivity index (χ0n) is 16.4. The van der Waals surface area contributed by atoms with Crippen molar-refractivity contribution >= 4 is 30.7 Å². The highest BCUT2D eigenvalue weighted by atomic mass is 35.5. The summed E-state index contributed by atoms with van der Waals surface area (Å²) in [6.07, 6.45) is 9.72. The molecule has 29 heavy (non-hydrogen) atoms. The van der Waals surface area contributed by atoms with Crippen molar-refractivity contribution in [3.05, 3.63) is 72.1 Å². The van der Waals surface area contributed by atoms with Crippen molar-refractivity contribution in [1.29, 1.82) is 0 Å². The van der Waals surface area contributed by atoms with Crippen LogP contribution in [0.5, 0.6) is 0 Å². The molecule has 0 bridgehead atoms. The monoisotopic (exact) mass is 438 g/mol. The van der Waals surface area contributed by atoms with Crippen LogP contribution in [0.25, 0.3) is 0 Å². The lowest BCUT2D eigenvalue weighted by Gasteiger charge is -2.10. The Labute approximate surface area is 183 Å². The highest BCUT2D eigenvalue weighted by Crippen LogP contribution is 2.06. The van der Waals surface area contributed by atoms with Gasteiger partial charge in [-0.1, -0.05) is 30.3 Å². The van der Waals surface area contributed by atoms with E-state index in [2.05, 4.69) is 27.5 Å². The second-order valence-electron chi connectivity index (χ2n) is 6.75. The van der Waals surface area contributed by atoms with E-state index in [9.17, 15) is 4.79 Å².